The lowest BCUT2D eigenvalue weighted by Gasteiger charge is -2.35. The molecule has 0 unspecified atom stereocenters. The lowest BCUT2D eigenvalue weighted by atomic mass is 9.94. The van der Waals surface area contributed by atoms with Crippen LogP contribution < -0.4 is 15.4 Å². The largest absolute Gasteiger partial charge is 0.573 e. The highest BCUT2D eigenvalue weighted by Crippen LogP contribution is 2.43. The SMILES string of the molecule is CC(C)C[C@@H](C(N)=O)N(C)[C@H]1CC[C@@H]2CN(c3ccc(OC(F)(F)F)cc3F)C[C@@H]21. The summed E-state index contributed by atoms with van der Waals surface area (Å²) < 4.78 is 55.4. The molecule has 4 atom stereocenters. The van der Waals surface area contributed by atoms with Gasteiger partial charge in [0.25, 0.3) is 0 Å². The van der Waals surface area contributed by atoms with Gasteiger partial charge in [-0.15, -0.1) is 13.2 Å². The summed E-state index contributed by atoms with van der Waals surface area (Å²) in [6.45, 7) is 5.32. The molecule has 1 saturated carbocycles. The van der Waals surface area contributed by atoms with Crippen molar-refractivity contribution < 1.29 is 27.1 Å². The number of halogens is 4. The van der Waals surface area contributed by atoms with Gasteiger partial charge in [0.15, 0.2) is 0 Å². The monoisotopic (exact) mass is 431 g/mol. The first-order chi connectivity index (χ1) is 14.0. The number of rotatable bonds is 7. The zero-order valence-electron chi connectivity index (χ0n) is 17.5. The fraction of sp³-hybridized carbons (Fsp3) is 0.667. The third-order valence-corrected chi connectivity index (χ3v) is 6.35. The van der Waals surface area contributed by atoms with Crippen molar-refractivity contribution in [1.29, 1.82) is 0 Å². The van der Waals surface area contributed by atoms with Crippen molar-refractivity contribution in [2.24, 2.45) is 23.5 Å². The molecular formula is C21H29F4N3O2. The van der Waals surface area contributed by atoms with Crippen molar-refractivity contribution in [2.45, 2.75) is 51.6 Å². The molecule has 1 amide bonds. The first kappa shape index (κ1) is 22.7. The second-order valence-electron chi connectivity index (χ2n) is 8.85. The number of hydrogen-bond acceptors (Lipinski definition) is 4. The molecule has 2 N–H and O–H groups in total. The van der Waals surface area contributed by atoms with E-state index in [2.05, 4.69) is 9.64 Å². The van der Waals surface area contributed by atoms with Crippen molar-refractivity contribution in [3.05, 3.63) is 24.0 Å². The summed E-state index contributed by atoms with van der Waals surface area (Å²) in [5.74, 6) is -0.732. The van der Waals surface area contributed by atoms with Crippen molar-refractivity contribution in [3.63, 3.8) is 0 Å². The van der Waals surface area contributed by atoms with Crippen molar-refractivity contribution in [1.82, 2.24) is 4.90 Å². The maximum atomic E-state index is 14.5. The molecule has 3 rings (SSSR count). The minimum atomic E-state index is -4.86. The normalized spacial score (nSPS) is 25.1. The van der Waals surface area contributed by atoms with Crippen LogP contribution in [0.2, 0.25) is 0 Å². The molecule has 2 aliphatic rings. The van der Waals surface area contributed by atoms with Gasteiger partial charge in [0.1, 0.15) is 11.6 Å². The Bertz CT molecular complexity index is 771. The highest BCUT2D eigenvalue weighted by Gasteiger charge is 2.46. The maximum Gasteiger partial charge on any atom is 0.573 e. The lowest BCUT2D eigenvalue weighted by molar-refractivity contribution is -0.274. The number of amides is 1. The number of carbonyl (C=O) groups excluding carboxylic acids is 1. The highest BCUT2D eigenvalue weighted by atomic mass is 19.4. The van der Waals surface area contributed by atoms with Crippen molar-refractivity contribution in [2.75, 3.05) is 25.0 Å². The zero-order valence-corrected chi connectivity index (χ0v) is 17.5. The van der Waals surface area contributed by atoms with Crippen molar-refractivity contribution in [3.8, 4) is 5.75 Å². The number of nitrogens with zero attached hydrogens (tertiary/aromatic N) is 2. The summed E-state index contributed by atoms with van der Waals surface area (Å²) >= 11 is 0. The summed E-state index contributed by atoms with van der Waals surface area (Å²) in [6.07, 6.45) is -2.27. The van der Waals surface area contributed by atoms with Gasteiger partial charge >= 0.3 is 6.36 Å². The Kier molecular flexibility index (Phi) is 6.50. The third kappa shape index (κ3) is 4.99. The Morgan fingerprint density at radius 3 is 2.57 bits per heavy atom. The van der Waals surface area contributed by atoms with E-state index in [0.29, 0.717) is 31.3 Å². The number of carbonyl (C=O) groups is 1. The molecule has 0 radical (unpaired) electrons. The van der Waals surface area contributed by atoms with Crippen LogP contribution in [0.1, 0.15) is 33.1 Å². The third-order valence-electron chi connectivity index (χ3n) is 6.35. The van der Waals surface area contributed by atoms with Crippen LogP contribution in [0.5, 0.6) is 5.75 Å². The van der Waals surface area contributed by atoms with Crippen molar-refractivity contribution >= 4 is 11.6 Å². The Hall–Kier alpha value is -2.03. The number of primary amides is 1. The van der Waals surface area contributed by atoms with E-state index in [1.165, 1.54) is 6.07 Å². The van der Waals surface area contributed by atoms with Gasteiger partial charge in [-0.25, -0.2) is 4.39 Å². The van der Waals surface area contributed by atoms with Gasteiger partial charge in [-0.2, -0.15) is 0 Å². The van der Waals surface area contributed by atoms with Crippen LogP contribution >= 0.6 is 0 Å². The Labute approximate surface area is 174 Å². The molecule has 168 valence electrons. The van der Waals surface area contributed by atoms with E-state index in [4.69, 9.17) is 5.73 Å². The summed E-state index contributed by atoms with van der Waals surface area (Å²) in [4.78, 5) is 16.0. The predicted octanol–water partition coefficient (Wildman–Crippen LogP) is 3.77. The zero-order chi connectivity index (χ0) is 22.2. The molecule has 0 bridgehead atoms. The van der Waals surface area contributed by atoms with Crippen LogP contribution in [0.4, 0.5) is 23.2 Å². The molecule has 1 aromatic rings. The van der Waals surface area contributed by atoms with Gasteiger partial charge in [-0.3, -0.25) is 9.69 Å². The van der Waals surface area contributed by atoms with Crippen LogP contribution in [-0.4, -0.2) is 49.4 Å². The molecule has 1 aliphatic carbocycles. The van der Waals surface area contributed by atoms with Crippen LogP contribution in [0.15, 0.2) is 18.2 Å². The van der Waals surface area contributed by atoms with Gasteiger partial charge in [0, 0.05) is 25.2 Å². The van der Waals surface area contributed by atoms with Gasteiger partial charge in [-0.1, -0.05) is 13.8 Å². The van der Waals surface area contributed by atoms with Crippen LogP contribution in [0, 0.1) is 23.6 Å². The molecule has 9 heteroatoms. The van der Waals surface area contributed by atoms with E-state index in [1.54, 1.807) is 0 Å². The van der Waals surface area contributed by atoms with E-state index in [1.807, 2.05) is 25.8 Å². The van der Waals surface area contributed by atoms with E-state index < -0.39 is 17.9 Å². The molecular weight excluding hydrogens is 402 g/mol. The Balaban J connectivity index is 1.72. The molecule has 1 aliphatic heterocycles. The summed E-state index contributed by atoms with van der Waals surface area (Å²) in [5.41, 5.74) is 5.93. The molecule has 1 aromatic carbocycles. The highest BCUT2D eigenvalue weighted by molar-refractivity contribution is 5.79. The number of anilines is 1. The summed E-state index contributed by atoms with van der Waals surface area (Å²) in [6, 6.07) is 3.05. The Morgan fingerprint density at radius 2 is 2.00 bits per heavy atom. The Morgan fingerprint density at radius 1 is 1.30 bits per heavy atom. The smallest absolute Gasteiger partial charge is 0.406 e. The average Bonchev–Trinajstić information content (AvgIpc) is 3.17. The van der Waals surface area contributed by atoms with Gasteiger partial charge < -0.3 is 15.4 Å². The van der Waals surface area contributed by atoms with Gasteiger partial charge in [0.2, 0.25) is 5.91 Å². The topological polar surface area (TPSA) is 58.8 Å². The number of nitrogens with two attached hydrogens (primary N) is 1. The first-order valence-corrected chi connectivity index (χ1v) is 10.3. The van der Waals surface area contributed by atoms with Gasteiger partial charge in [0.05, 0.1) is 11.7 Å². The van der Waals surface area contributed by atoms with E-state index >= 15 is 0 Å². The number of ether oxygens (including phenoxy) is 1. The number of alkyl halides is 3. The van der Waals surface area contributed by atoms with E-state index in [0.717, 1.165) is 25.0 Å². The number of benzene rings is 1. The molecule has 5 nitrogen and oxygen atoms in total. The second kappa shape index (κ2) is 8.61. The summed E-state index contributed by atoms with van der Waals surface area (Å²) in [7, 11) is 1.93. The molecule has 0 aromatic heterocycles. The minimum absolute atomic E-state index is 0.159. The molecule has 1 heterocycles. The molecule has 1 saturated heterocycles. The average molecular weight is 431 g/mol. The van der Waals surface area contributed by atoms with Gasteiger partial charge in [-0.05, 0) is 56.2 Å². The number of likely N-dealkylation sites (N-methyl/N-ethyl adjacent to an activating group) is 1. The van der Waals surface area contributed by atoms with E-state index in [9.17, 15) is 22.4 Å². The fourth-order valence-corrected chi connectivity index (χ4v) is 5.04. The molecule has 0 spiro atoms. The second-order valence-corrected chi connectivity index (χ2v) is 8.85. The fourth-order valence-electron chi connectivity index (χ4n) is 5.04. The number of hydrogen-bond donors (Lipinski definition) is 1. The minimum Gasteiger partial charge on any atom is -0.406 e. The lowest BCUT2D eigenvalue weighted by Crippen LogP contribution is -2.50. The standard InChI is InChI=1S/C21H29F4N3O2/c1-12(2)8-19(20(26)29)27(3)17-6-4-13-10-28(11-15(13)17)18-7-5-14(9-16(18)22)30-21(23,24)25/h5,7,9,12-13,15,17,19H,4,6,8,10-11H2,1-3H3,(H2,26,29)/t13-,15+,17+,19+/m1/s1. The number of fused-ring (bicyclic) bond motifs is 1. The molecule has 30 heavy (non-hydrogen) atoms. The predicted molar refractivity (Wildman–Crippen MR) is 105 cm³/mol. The quantitative estimate of drug-likeness (QED) is 0.668. The maximum absolute atomic E-state index is 14.5. The first-order valence-electron chi connectivity index (χ1n) is 10.3. The van der Waals surface area contributed by atoms with E-state index in [-0.39, 0.29) is 29.6 Å². The summed E-state index contributed by atoms with van der Waals surface area (Å²) in [5, 5.41) is 0. The molecule has 2 fully saturated rings. The van der Waals surface area contributed by atoms with Crippen LogP contribution in [0.25, 0.3) is 0 Å². The van der Waals surface area contributed by atoms with Crippen LogP contribution in [-0.2, 0) is 4.79 Å². The van der Waals surface area contributed by atoms with Crippen LogP contribution in [0.3, 0.4) is 0 Å².